The molecular weight excluding hydrogens is 426 g/mol. The molecule has 1 aliphatic rings. The van der Waals surface area contributed by atoms with Gasteiger partial charge < -0.3 is 9.64 Å². The van der Waals surface area contributed by atoms with Gasteiger partial charge in [0.2, 0.25) is 11.7 Å². The van der Waals surface area contributed by atoms with Gasteiger partial charge in [-0.2, -0.15) is 0 Å². The molecule has 1 fully saturated rings. The van der Waals surface area contributed by atoms with E-state index in [1.807, 2.05) is 70.8 Å². The minimum Gasteiger partial charge on any atom is -0.375 e. The molecule has 5 rings (SSSR count). The van der Waals surface area contributed by atoms with Crippen molar-refractivity contribution in [3.63, 3.8) is 0 Å². The Morgan fingerprint density at radius 2 is 1.91 bits per heavy atom. The number of ether oxygens (including phenoxy) is 1. The van der Waals surface area contributed by atoms with Gasteiger partial charge in [-0.15, -0.1) is 10.2 Å². The molecular formula is C23H23N5O3S. The summed E-state index contributed by atoms with van der Waals surface area (Å²) >= 11 is 1.34. The van der Waals surface area contributed by atoms with E-state index in [1.165, 1.54) is 11.8 Å². The molecule has 0 radical (unpaired) electrons. The molecule has 1 atom stereocenters. The number of carbonyl (C=O) groups is 1. The average molecular weight is 450 g/mol. The number of fused-ring (bicyclic) bond motifs is 3. The van der Waals surface area contributed by atoms with Crippen LogP contribution >= 0.6 is 11.8 Å². The minimum atomic E-state index is -0.112. The van der Waals surface area contributed by atoms with Gasteiger partial charge in [0.25, 0.3) is 5.56 Å². The Labute approximate surface area is 188 Å². The molecule has 1 saturated heterocycles. The fraction of sp³-hybridized carbons (Fsp3) is 0.304. The van der Waals surface area contributed by atoms with Crippen LogP contribution in [0.4, 0.5) is 0 Å². The predicted molar refractivity (Wildman–Crippen MR) is 123 cm³/mol. The first-order valence-corrected chi connectivity index (χ1v) is 11.5. The standard InChI is InChI=1S/C23H23N5O3S/c1-16-13-26(11-12-31-16)20(29)15-32-23-25-24-22-27(14-17-7-3-2-4-8-17)21(30)18-9-5-6-10-19(18)28(22)23/h2-10,16H,11-15H2,1H3. The predicted octanol–water partition coefficient (Wildman–Crippen LogP) is 2.43. The lowest BCUT2D eigenvalue weighted by molar-refractivity contribution is -0.135. The molecule has 1 aliphatic heterocycles. The highest BCUT2D eigenvalue weighted by molar-refractivity contribution is 7.99. The lowest BCUT2D eigenvalue weighted by Crippen LogP contribution is -2.45. The molecule has 1 unspecified atom stereocenters. The van der Waals surface area contributed by atoms with Crippen molar-refractivity contribution in [2.45, 2.75) is 24.7 Å². The van der Waals surface area contributed by atoms with Crippen LogP contribution in [0, 0.1) is 0 Å². The molecule has 3 heterocycles. The molecule has 9 heteroatoms. The number of nitrogens with zero attached hydrogens (tertiary/aromatic N) is 5. The third-order valence-electron chi connectivity index (χ3n) is 5.58. The Bertz CT molecular complexity index is 1330. The van der Waals surface area contributed by atoms with Gasteiger partial charge in [0.15, 0.2) is 5.16 Å². The van der Waals surface area contributed by atoms with Crippen LogP contribution in [0.15, 0.2) is 64.5 Å². The maximum Gasteiger partial charge on any atom is 0.263 e. The van der Waals surface area contributed by atoms with Crippen LogP contribution in [0.1, 0.15) is 12.5 Å². The van der Waals surface area contributed by atoms with Crippen molar-refractivity contribution in [3.8, 4) is 0 Å². The highest BCUT2D eigenvalue weighted by Gasteiger charge is 2.23. The van der Waals surface area contributed by atoms with Crippen molar-refractivity contribution in [1.82, 2.24) is 24.1 Å². The van der Waals surface area contributed by atoms with E-state index < -0.39 is 0 Å². The number of carbonyl (C=O) groups excluding carboxylic acids is 1. The van der Waals surface area contributed by atoms with Crippen molar-refractivity contribution < 1.29 is 9.53 Å². The number of rotatable bonds is 5. The van der Waals surface area contributed by atoms with Gasteiger partial charge in [-0.05, 0) is 24.6 Å². The SMILES string of the molecule is CC1CN(C(=O)CSc2nnc3n(Cc4ccccc4)c(=O)c4ccccc4n23)CCO1. The highest BCUT2D eigenvalue weighted by atomic mass is 32.2. The second-order valence-electron chi connectivity index (χ2n) is 7.82. The monoisotopic (exact) mass is 449 g/mol. The van der Waals surface area contributed by atoms with Gasteiger partial charge >= 0.3 is 0 Å². The minimum absolute atomic E-state index is 0.0444. The number of benzene rings is 2. The molecule has 4 aromatic rings. The lowest BCUT2D eigenvalue weighted by Gasteiger charge is -2.31. The number of aromatic nitrogens is 4. The third kappa shape index (κ3) is 3.89. The topological polar surface area (TPSA) is 81.7 Å². The Morgan fingerprint density at radius 3 is 2.72 bits per heavy atom. The van der Waals surface area contributed by atoms with Gasteiger partial charge in [0, 0.05) is 13.1 Å². The Balaban J connectivity index is 1.52. The number of para-hydroxylation sites is 1. The van der Waals surface area contributed by atoms with E-state index in [9.17, 15) is 9.59 Å². The van der Waals surface area contributed by atoms with Gasteiger partial charge in [-0.25, -0.2) is 0 Å². The largest absolute Gasteiger partial charge is 0.375 e. The quantitative estimate of drug-likeness (QED) is 0.436. The van der Waals surface area contributed by atoms with Gasteiger partial charge in [0.05, 0.1) is 35.9 Å². The summed E-state index contributed by atoms with van der Waals surface area (Å²) in [5.41, 5.74) is 1.62. The molecule has 0 spiro atoms. The zero-order valence-electron chi connectivity index (χ0n) is 17.7. The van der Waals surface area contributed by atoms with E-state index in [1.54, 1.807) is 4.57 Å². The van der Waals surface area contributed by atoms with E-state index in [0.29, 0.717) is 42.6 Å². The Morgan fingerprint density at radius 1 is 1.12 bits per heavy atom. The van der Waals surface area contributed by atoms with Crippen LogP contribution in [0.25, 0.3) is 16.7 Å². The van der Waals surface area contributed by atoms with Gasteiger partial charge in [-0.1, -0.05) is 54.2 Å². The third-order valence-corrected chi connectivity index (χ3v) is 6.49. The first kappa shape index (κ1) is 20.7. The maximum absolute atomic E-state index is 13.3. The Kier molecular flexibility index (Phi) is 5.67. The summed E-state index contributed by atoms with van der Waals surface area (Å²) in [5, 5.41) is 9.86. The van der Waals surface area contributed by atoms with E-state index in [4.69, 9.17) is 4.74 Å². The first-order valence-electron chi connectivity index (χ1n) is 10.5. The highest BCUT2D eigenvalue weighted by Crippen LogP contribution is 2.22. The molecule has 2 aromatic heterocycles. The van der Waals surface area contributed by atoms with Crippen LogP contribution < -0.4 is 5.56 Å². The number of hydrogen-bond donors (Lipinski definition) is 0. The lowest BCUT2D eigenvalue weighted by atomic mass is 10.2. The second kappa shape index (κ2) is 8.76. The number of morpholine rings is 1. The normalized spacial score (nSPS) is 16.7. The fourth-order valence-corrected chi connectivity index (χ4v) is 4.84. The van der Waals surface area contributed by atoms with E-state index in [-0.39, 0.29) is 23.3 Å². The summed E-state index contributed by atoms with van der Waals surface area (Å²) in [5.74, 6) is 0.760. The summed E-state index contributed by atoms with van der Waals surface area (Å²) in [4.78, 5) is 27.8. The fourth-order valence-electron chi connectivity index (χ4n) is 4.00. The van der Waals surface area contributed by atoms with E-state index in [2.05, 4.69) is 10.2 Å². The van der Waals surface area contributed by atoms with Crippen molar-refractivity contribution in [2.24, 2.45) is 0 Å². The molecule has 164 valence electrons. The maximum atomic E-state index is 13.3. The van der Waals surface area contributed by atoms with Crippen molar-refractivity contribution in [1.29, 1.82) is 0 Å². The van der Waals surface area contributed by atoms with Crippen LogP contribution in [0.3, 0.4) is 0 Å². The zero-order chi connectivity index (χ0) is 22.1. The van der Waals surface area contributed by atoms with Gasteiger partial charge in [-0.3, -0.25) is 18.6 Å². The number of thioether (sulfide) groups is 1. The number of amides is 1. The molecule has 8 nitrogen and oxygen atoms in total. The summed E-state index contributed by atoms with van der Waals surface area (Å²) in [6, 6.07) is 17.2. The Hall–Kier alpha value is -3.17. The van der Waals surface area contributed by atoms with Crippen LogP contribution in [0.5, 0.6) is 0 Å². The summed E-state index contributed by atoms with van der Waals surface area (Å²) in [6.07, 6.45) is 0.0444. The molecule has 32 heavy (non-hydrogen) atoms. The van der Waals surface area contributed by atoms with Crippen LogP contribution in [-0.2, 0) is 16.1 Å². The van der Waals surface area contributed by atoms with E-state index in [0.717, 1.165) is 11.1 Å². The first-order chi connectivity index (χ1) is 15.6. The molecule has 0 bridgehead atoms. The van der Waals surface area contributed by atoms with E-state index >= 15 is 0 Å². The van der Waals surface area contributed by atoms with Crippen LogP contribution in [0.2, 0.25) is 0 Å². The summed E-state index contributed by atoms with van der Waals surface area (Å²) in [7, 11) is 0. The zero-order valence-corrected chi connectivity index (χ0v) is 18.5. The van der Waals surface area contributed by atoms with Crippen molar-refractivity contribution in [3.05, 3.63) is 70.5 Å². The average Bonchev–Trinajstić information content (AvgIpc) is 3.25. The van der Waals surface area contributed by atoms with Crippen molar-refractivity contribution >= 4 is 34.3 Å². The molecule has 0 N–H and O–H groups in total. The second-order valence-corrected chi connectivity index (χ2v) is 8.76. The summed E-state index contributed by atoms with van der Waals surface area (Å²) < 4.78 is 9.04. The van der Waals surface area contributed by atoms with Crippen molar-refractivity contribution in [2.75, 3.05) is 25.4 Å². The number of hydrogen-bond acceptors (Lipinski definition) is 6. The molecule has 2 aromatic carbocycles. The molecule has 1 amide bonds. The molecule has 0 saturated carbocycles. The molecule has 0 aliphatic carbocycles. The van der Waals surface area contributed by atoms with Gasteiger partial charge in [0.1, 0.15) is 0 Å². The smallest absolute Gasteiger partial charge is 0.263 e. The summed E-state index contributed by atoms with van der Waals surface area (Å²) in [6.45, 7) is 4.11. The van der Waals surface area contributed by atoms with Crippen LogP contribution in [-0.4, -0.2) is 61.5 Å².